The van der Waals surface area contributed by atoms with Gasteiger partial charge in [-0.25, -0.2) is 0 Å². The first-order chi connectivity index (χ1) is 7.75. The molecule has 1 heterocycles. The SMILES string of the molecule is C[C@@H](NCc1ccc(Br)s1)c1ccccc1. The molecule has 0 spiro atoms. The van der Waals surface area contributed by atoms with Crippen LogP contribution in [-0.2, 0) is 6.54 Å². The van der Waals surface area contributed by atoms with Gasteiger partial charge in [0.2, 0.25) is 0 Å². The molecule has 0 unspecified atom stereocenters. The van der Waals surface area contributed by atoms with Crippen molar-refractivity contribution < 1.29 is 0 Å². The van der Waals surface area contributed by atoms with E-state index in [0.717, 1.165) is 6.54 Å². The van der Waals surface area contributed by atoms with Crippen molar-refractivity contribution >= 4 is 27.3 Å². The van der Waals surface area contributed by atoms with E-state index in [9.17, 15) is 0 Å². The molecule has 2 rings (SSSR count). The van der Waals surface area contributed by atoms with Crippen LogP contribution in [0.3, 0.4) is 0 Å². The normalized spacial score (nSPS) is 12.6. The van der Waals surface area contributed by atoms with Gasteiger partial charge in [0.1, 0.15) is 0 Å². The van der Waals surface area contributed by atoms with Crippen molar-refractivity contribution in [2.75, 3.05) is 0 Å². The number of benzene rings is 1. The lowest BCUT2D eigenvalue weighted by Gasteiger charge is -2.13. The molecule has 0 amide bonds. The van der Waals surface area contributed by atoms with Crippen LogP contribution in [0.4, 0.5) is 0 Å². The van der Waals surface area contributed by atoms with Crippen molar-refractivity contribution in [1.82, 2.24) is 5.32 Å². The number of thiophene rings is 1. The molecule has 0 fully saturated rings. The molecule has 1 nitrogen and oxygen atoms in total. The van der Waals surface area contributed by atoms with Crippen LogP contribution < -0.4 is 5.32 Å². The van der Waals surface area contributed by atoms with Gasteiger partial charge in [0.15, 0.2) is 0 Å². The minimum atomic E-state index is 0.391. The van der Waals surface area contributed by atoms with Crippen molar-refractivity contribution in [3.63, 3.8) is 0 Å². The largest absolute Gasteiger partial charge is 0.305 e. The first-order valence-electron chi connectivity index (χ1n) is 5.28. The second-order valence-electron chi connectivity index (χ2n) is 3.72. The topological polar surface area (TPSA) is 12.0 Å². The third kappa shape index (κ3) is 3.17. The van der Waals surface area contributed by atoms with E-state index in [1.165, 1.54) is 14.2 Å². The molecule has 16 heavy (non-hydrogen) atoms. The third-order valence-electron chi connectivity index (χ3n) is 2.51. The van der Waals surface area contributed by atoms with E-state index in [2.05, 4.69) is 64.6 Å². The number of hydrogen-bond donors (Lipinski definition) is 1. The van der Waals surface area contributed by atoms with E-state index < -0.39 is 0 Å². The molecule has 1 aromatic heterocycles. The van der Waals surface area contributed by atoms with Gasteiger partial charge >= 0.3 is 0 Å². The average molecular weight is 296 g/mol. The van der Waals surface area contributed by atoms with E-state index in [1.807, 2.05) is 6.07 Å². The highest BCUT2D eigenvalue weighted by atomic mass is 79.9. The Bertz CT molecular complexity index is 438. The summed E-state index contributed by atoms with van der Waals surface area (Å²) in [5.41, 5.74) is 1.33. The van der Waals surface area contributed by atoms with Crippen LogP contribution in [0.15, 0.2) is 46.3 Å². The van der Waals surface area contributed by atoms with Crippen molar-refractivity contribution in [3.8, 4) is 0 Å². The Morgan fingerprint density at radius 3 is 2.56 bits per heavy atom. The summed E-state index contributed by atoms with van der Waals surface area (Å²) in [6, 6.07) is 15.2. The maximum absolute atomic E-state index is 3.52. The predicted octanol–water partition coefficient (Wildman–Crippen LogP) is 4.36. The van der Waals surface area contributed by atoms with Gasteiger partial charge < -0.3 is 5.32 Å². The van der Waals surface area contributed by atoms with Gasteiger partial charge in [-0.3, -0.25) is 0 Å². The summed E-state index contributed by atoms with van der Waals surface area (Å²) >= 11 is 5.25. The van der Waals surface area contributed by atoms with Gasteiger partial charge in [0.05, 0.1) is 3.79 Å². The summed E-state index contributed by atoms with van der Waals surface area (Å²) in [6.45, 7) is 3.12. The maximum Gasteiger partial charge on any atom is 0.0701 e. The molecule has 0 radical (unpaired) electrons. The number of hydrogen-bond acceptors (Lipinski definition) is 2. The molecule has 0 aliphatic rings. The average Bonchev–Trinajstić information content (AvgIpc) is 2.73. The van der Waals surface area contributed by atoms with Crippen LogP contribution in [0, 0.1) is 0 Å². The maximum atomic E-state index is 3.52. The van der Waals surface area contributed by atoms with E-state index >= 15 is 0 Å². The first-order valence-corrected chi connectivity index (χ1v) is 6.89. The Balaban J connectivity index is 1.91. The summed E-state index contributed by atoms with van der Waals surface area (Å²) in [4.78, 5) is 1.36. The summed E-state index contributed by atoms with van der Waals surface area (Å²) in [5.74, 6) is 0. The minimum absolute atomic E-state index is 0.391. The Kier molecular flexibility index (Phi) is 4.16. The van der Waals surface area contributed by atoms with Crippen LogP contribution in [0.5, 0.6) is 0 Å². The molecule has 2 aromatic rings. The van der Waals surface area contributed by atoms with Crippen LogP contribution in [-0.4, -0.2) is 0 Å². The van der Waals surface area contributed by atoms with Crippen molar-refractivity contribution in [2.24, 2.45) is 0 Å². The van der Waals surface area contributed by atoms with Crippen LogP contribution in [0.25, 0.3) is 0 Å². The zero-order valence-electron chi connectivity index (χ0n) is 9.11. The fourth-order valence-electron chi connectivity index (χ4n) is 1.56. The smallest absolute Gasteiger partial charge is 0.0701 e. The Morgan fingerprint density at radius 1 is 1.19 bits per heavy atom. The highest BCUT2D eigenvalue weighted by Crippen LogP contribution is 2.22. The van der Waals surface area contributed by atoms with Gasteiger partial charge in [-0.2, -0.15) is 0 Å². The number of halogens is 1. The molecule has 0 saturated heterocycles. The molecule has 1 atom stereocenters. The van der Waals surface area contributed by atoms with E-state index in [1.54, 1.807) is 11.3 Å². The fourth-order valence-corrected chi connectivity index (χ4v) is 2.99. The zero-order chi connectivity index (χ0) is 11.4. The molecule has 0 bridgehead atoms. The monoisotopic (exact) mass is 295 g/mol. The summed E-state index contributed by atoms with van der Waals surface area (Å²) < 4.78 is 1.19. The second kappa shape index (κ2) is 5.62. The van der Waals surface area contributed by atoms with Gasteiger partial charge in [-0.1, -0.05) is 30.3 Å². The Hall–Kier alpha value is -0.640. The minimum Gasteiger partial charge on any atom is -0.305 e. The van der Waals surface area contributed by atoms with Gasteiger partial charge in [0.25, 0.3) is 0 Å². The van der Waals surface area contributed by atoms with E-state index in [-0.39, 0.29) is 0 Å². The van der Waals surface area contributed by atoms with Gasteiger partial charge in [-0.05, 0) is 40.5 Å². The fraction of sp³-hybridized carbons (Fsp3) is 0.231. The van der Waals surface area contributed by atoms with Gasteiger partial charge in [0, 0.05) is 17.5 Å². The molecular weight excluding hydrogens is 282 g/mol. The molecular formula is C13H14BrNS. The molecule has 0 aliphatic heterocycles. The van der Waals surface area contributed by atoms with Crippen molar-refractivity contribution in [1.29, 1.82) is 0 Å². The quantitative estimate of drug-likeness (QED) is 0.884. The standard InChI is InChI=1S/C13H14BrNS/c1-10(11-5-3-2-4-6-11)15-9-12-7-8-13(14)16-12/h2-8,10,15H,9H2,1H3/t10-/m1/s1. The molecule has 1 N–H and O–H groups in total. The van der Waals surface area contributed by atoms with Crippen LogP contribution in [0.1, 0.15) is 23.4 Å². The lowest BCUT2D eigenvalue weighted by molar-refractivity contribution is 0.579. The molecule has 1 aromatic carbocycles. The lowest BCUT2D eigenvalue weighted by atomic mass is 10.1. The highest BCUT2D eigenvalue weighted by Gasteiger charge is 2.04. The summed E-state index contributed by atoms with van der Waals surface area (Å²) in [6.07, 6.45) is 0. The molecule has 3 heteroatoms. The van der Waals surface area contributed by atoms with Crippen molar-refractivity contribution in [3.05, 3.63) is 56.7 Å². The second-order valence-corrected chi connectivity index (χ2v) is 6.27. The molecule has 0 aliphatic carbocycles. The van der Waals surface area contributed by atoms with E-state index in [0.29, 0.717) is 6.04 Å². The van der Waals surface area contributed by atoms with Crippen molar-refractivity contribution in [2.45, 2.75) is 19.5 Å². The van der Waals surface area contributed by atoms with Crippen LogP contribution >= 0.6 is 27.3 Å². The molecule has 0 saturated carbocycles. The third-order valence-corrected chi connectivity index (χ3v) is 4.13. The molecule has 84 valence electrons. The predicted molar refractivity (Wildman–Crippen MR) is 73.7 cm³/mol. The summed E-state index contributed by atoms with van der Waals surface area (Å²) in [5, 5.41) is 3.52. The zero-order valence-corrected chi connectivity index (χ0v) is 11.5. The van der Waals surface area contributed by atoms with Gasteiger partial charge in [-0.15, -0.1) is 11.3 Å². The van der Waals surface area contributed by atoms with Crippen LogP contribution in [0.2, 0.25) is 0 Å². The number of rotatable bonds is 4. The Labute approximate surface area is 109 Å². The number of nitrogens with one attached hydrogen (secondary N) is 1. The van der Waals surface area contributed by atoms with E-state index in [4.69, 9.17) is 0 Å². The first kappa shape index (κ1) is 11.8. The summed E-state index contributed by atoms with van der Waals surface area (Å²) in [7, 11) is 0. The lowest BCUT2D eigenvalue weighted by Crippen LogP contribution is -2.17. The highest BCUT2D eigenvalue weighted by molar-refractivity contribution is 9.11. The Morgan fingerprint density at radius 2 is 1.94 bits per heavy atom.